The minimum atomic E-state index is -0.678. The summed E-state index contributed by atoms with van der Waals surface area (Å²) in [6, 6.07) is 21.9. The van der Waals surface area contributed by atoms with Crippen molar-refractivity contribution >= 4 is 27.5 Å². The summed E-state index contributed by atoms with van der Waals surface area (Å²) < 4.78 is 6.36. The zero-order valence-corrected chi connectivity index (χ0v) is 17.7. The number of fused-ring (bicyclic) bond motifs is 7. The lowest BCUT2D eigenvalue weighted by Gasteiger charge is -2.32. The predicted octanol–water partition coefficient (Wildman–Crippen LogP) is 6.59. The number of hydrogen-bond acceptors (Lipinski definition) is 3. The monoisotopic (exact) mass is 408 g/mol. The Hall–Kier alpha value is -3.33. The van der Waals surface area contributed by atoms with Gasteiger partial charge in [-0.3, -0.25) is 0 Å². The molecule has 1 fully saturated rings. The first-order valence-corrected chi connectivity index (χ1v) is 10.9. The molecule has 3 nitrogen and oxygen atoms in total. The van der Waals surface area contributed by atoms with Crippen molar-refractivity contribution in [2.75, 3.05) is 0 Å². The molecule has 0 spiro atoms. The lowest BCUT2D eigenvalue weighted by molar-refractivity contribution is -0.0177. The Morgan fingerprint density at radius 3 is 2.65 bits per heavy atom. The Balaban J connectivity index is 1.49. The normalized spacial score (nSPS) is 23.9. The van der Waals surface area contributed by atoms with Crippen LogP contribution in [0.15, 0.2) is 66.7 Å². The molecule has 2 bridgehead atoms. The third kappa shape index (κ3) is 2.56. The van der Waals surface area contributed by atoms with E-state index in [1.807, 2.05) is 61.5 Å². The van der Waals surface area contributed by atoms with Gasteiger partial charge in [-0.25, -0.2) is 4.79 Å². The lowest BCUT2D eigenvalue weighted by Crippen LogP contribution is -2.30. The van der Waals surface area contributed by atoms with Crippen molar-refractivity contribution in [2.45, 2.75) is 38.2 Å². The number of phenolic OH excluding ortho intramolecular Hbond substituents is 1. The average Bonchev–Trinajstić information content (AvgIpc) is 3.25. The number of aromatic hydroxyl groups is 1. The topological polar surface area (TPSA) is 46.5 Å². The van der Waals surface area contributed by atoms with Crippen molar-refractivity contribution in [1.82, 2.24) is 0 Å². The highest BCUT2D eigenvalue weighted by Gasteiger charge is 2.56. The largest absolute Gasteiger partial charge is 0.507 e. The molecule has 0 amide bonds. The second-order valence-corrected chi connectivity index (χ2v) is 9.31. The number of carbonyl (C=O) groups excluding carboxylic acids is 1. The van der Waals surface area contributed by atoms with E-state index in [-0.39, 0.29) is 11.9 Å². The molecule has 4 aromatic carbocycles. The molecule has 3 unspecified atom stereocenters. The molecule has 0 heterocycles. The van der Waals surface area contributed by atoms with Gasteiger partial charge in [0.2, 0.25) is 0 Å². The summed E-state index contributed by atoms with van der Waals surface area (Å²) in [4.78, 5) is 13.4. The molecular weight excluding hydrogens is 384 g/mol. The number of hydrogen-bond donors (Lipinski definition) is 1. The Morgan fingerprint density at radius 1 is 0.968 bits per heavy atom. The number of esters is 1. The number of phenols is 1. The van der Waals surface area contributed by atoms with E-state index in [1.54, 1.807) is 0 Å². The van der Waals surface area contributed by atoms with E-state index in [1.165, 1.54) is 0 Å². The number of carbonyl (C=O) groups is 1. The van der Waals surface area contributed by atoms with Gasteiger partial charge in [0.05, 0.1) is 5.56 Å². The van der Waals surface area contributed by atoms with Crippen LogP contribution in [0.3, 0.4) is 0 Å². The third-order valence-electron chi connectivity index (χ3n) is 7.35. The van der Waals surface area contributed by atoms with Gasteiger partial charge in [0, 0.05) is 16.5 Å². The highest BCUT2D eigenvalue weighted by molar-refractivity contribution is 6.04. The molecule has 31 heavy (non-hydrogen) atoms. The molecule has 1 N–H and O–H groups in total. The number of rotatable bonds is 2. The number of benzene rings is 4. The zero-order valence-electron chi connectivity index (χ0n) is 17.7. The first kappa shape index (κ1) is 18.4. The maximum absolute atomic E-state index is 13.4. The van der Waals surface area contributed by atoms with E-state index in [4.69, 9.17) is 4.74 Å². The molecule has 0 aromatic heterocycles. The summed E-state index contributed by atoms with van der Waals surface area (Å²) >= 11 is 0. The summed E-state index contributed by atoms with van der Waals surface area (Å²) in [5, 5.41) is 15.0. The third-order valence-corrected chi connectivity index (χ3v) is 7.35. The fraction of sp³-hybridized carbons (Fsp3) is 0.250. The van der Waals surface area contributed by atoms with Crippen LogP contribution in [0.2, 0.25) is 0 Å². The van der Waals surface area contributed by atoms with E-state index in [0.717, 1.165) is 51.1 Å². The van der Waals surface area contributed by atoms with Crippen molar-refractivity contribution in [3.63, 3.8) is 0 Å². The number of aryl methyl sites for hydroxylation is 1. The number of ether oxygens (including phenoxy) is 1. The van der Waals surface area contributed by atoms with Crippen LogP contribution in [0.25, 0.3) is 21.5 Å². The van der Waals surface area contributed by atoms with Crippen LogP contribution in [0.5, 0.6) is 5.75 Å². The van der Waals surface area contributed by atoms with Gasteiger partial charge < -0.3 is 9.84 Å². The van der Waals surface area contributed by atoms with Crippen LogP contribution in [0, 0.1) is 12.8 Å². The van der Waals surface area contributed by atoms with Gasteiger partial charge in [0.15, 0.2) is 0 Å². The Bertz CT molecular complexity index is 1380. The van der Waals surface area contributed by atoms with Gasteiger partial charge in [-0.15, -0.1) is 0 Å². The first-order chi connectivity index (χ1) is 15.0. The maximum Gasteiger partial charge on any atom is 0.339 e. The van der Waals surface area contributed by atoms with Gasteiger partial charge >= 0.3 is 5.97 Å². The van der Waals surface area contributed by atoms with Crippen LogP contribution in [-0.4, -0.2) is 11.1 Å². The standard InChI is InChI=1S/C28H24O3/c1-16-10-11-21-19(12-16)13-24-25(26(21)29)23-15-28(24,14-17(23)2)31-27(30)22-9-5-7-18-6-3-4-8-20(18)22/h3-13,17,23,29H,14-15H2,1-2H3. The van der Waals surface area contributed by atoms with Crippen molar-refractivity contribution in [2.24, 2.45) is 5.92 Å². The van der Waals surface area contributed by atoms with Gasteiger partial charge in [-0.05, 0) is 59.9 Å². The van der Waals surface area contributed by atoms with Crippen LogP contribution in [0.1, 0.15) is 52.7 Å². The quantitative estimate of drug-likeness (QED) is 0.381. The van der Waals surface area contributed by atoms with Gasteiger partial charge in [0.1, 0.15) is 11.4 Å². The highest BCUT2D eigenvalue weighted by Crippen LogP contribution is 2.63. The Morgan fingerprint density at radius 2 is 1.77 bits per heavy atom. The molecule has 2 aliphatic rings. The van der Waals surface area contributed by atoms with E-state index in [0.29, 0.717) is 17.2 Å². The van der Waals surface area contributed by atoms with Crippen molar-refractivity contribution in [3.8, 4) is 5.75 Å². The molecular formula is C28H24O3. The van der Waals surface area contributed by atoms with Gasteiger partial charge in [-0.2, -0.15) is 0 Å². The van der Waals surface area contributed by atoms with Crippen LogP contribution >= 0.6 is 0 Å². The molecule has 1 saturated carbocycles. The predicted molar refractivity (Wildman–Crippen MR) is 123 cm³/mol. The molecule has 4 aromatic rings. The second-order valence-electron chi connectivity index (χ2n) is 9.31. The maximum atomic E-state index is 13.4. The summed E-state index contributed by atoms with van der Waals surface area (Å²) in [7, 11) is 0. The first-order valence-electron chi connectivity index (χ1n) is 10.9. The molecule has 154 valence electrons. The van der Waals surface area contributed by atoms with Gasteiger partial charge in [0.25, 0.3) is 0 Å². The average molecular weight is 408 g/mol. The summed E-state index contributed by atoms with van der Waals surface area (Å²) in [5.74, 6) is 0.621. The fourth-order valence-electron chi connectivity index (χ4n) is 5.96. The second kappa shape index (κ2) is 6.34. The molecule has 3 heteroatoms. The van der Waals surface area contributed by atoms with E-state index in [9.17, 15) is 9.90 Å². The van der Waals surface area contributed by atoms with Crippen LogP contribution in [-0.2, 0) is 10.3 Å². The van der Waals surface area contributed by atoms with Crippen LogP contribution < -0.4 is 0 Å². The van der Waals surface area contributed by atoms with Crippen molar-refractivity contribution in [3.05, 3.63) is 89.0 Å². The zero-order chi connectivity index (χ0) is 21.3. The molecule has 2 aliphatic carbocycles. The lowest BCUT2D eigenvalue weighted by atomic mass is 9.81. The molecule has 6 rings (SSSR count). The minimum absolute atomic E-state index is 0.209. The SMILES string of the molecule is Cc1ccc2c(O)c3c(cc2c1)C1(OC(=O)c2cccc4ccccc24)CC(C)C3C1. The van der Waals surface area contributed by atoms with Gasteiger partial charge in [-0.1, -0.05) is 67.1 Å². The Labute approximate surface area is 181 Å². The minimum Gasteiger partial charge on any atom is -0.507 e. The van der Waals surface area contributed by atoms with E-state index < -0.39 is 5.60 Å². The highest BCUT2D eigenvalue weighted by atomic mass is 16.6. The summed E-state index contributed by atoms with van der Waals surface area (Å²) in [6.07, 6.45) is 1.53. The molecule has 3 atom stereocenters. The van der Waals surface area contributed by atoms with E-state index in [2.05, 4.69) is 19.1 Å². The molecule has 0 saturated heterocycles. The van der Waals surface area contributed by atoms with Crippen molar-refractivity contribution < 1.29 is 14.6 Å². The van der Waals surface area contributed by atoms with Crippen molar-refractivity contribution in [1.29, 1.82) is 0 Å². The fourth-order valence-corrected chi connectivity index (χ4v) is 5.96. The molecule has 0 aliphatic heterocycles. The van der Waals surface area contributed by atoms with Crippen LogP contribution in [0.4, 0.5) is 0 Å². The molecule has 0 radical (unpaired) electrons. The Kier molecular flexibility index (Phi) is 3.77. The van der Waals surface area contributed by atoms with E-state index >= 15 is 0 Å². The summed E-state index contributed by atoms with van der Waals surface area (Å²) in [6.45, 7) is 4.24. The summed E-state index contributed by atoms with van der Waals surface area (Å²) in [5.41, 5.74) is 3.02. The smallest absolute Gasteiger partial charge is 0.339 e.